The molecule has 0 atom stereocenters. The van der Waals surface area contributed by atoms with E-state index in [4.69, 9.17) is 11.6 Å². The summed E-state index contributed by atoms with van der Waals surface area (Å²) in [7, 11) is 0. The molecule has 0 unspecified atom stereocenters. The quantitative estimate of drug-likeness (QED) is 0.801. The second-order valence-corrected chi connectivity index (χ2v) is 4.13. The van der Waals surface area contributed by atoms with Crippen molar-refractivity contribution in [1.29, 1.82) is 0 Å². The molecule has 1 fully saturated rings. The van der Waals surface area contributed by atoms with Crippen LogP contribution in [0.5, 0.6) is 0 Å². The first-order chi connectivity index (χ1) is 8.08. The molecule has 1 N–H and O–H groups in total. The number of imide groups is 1. The van der Waals surface area contributed by atoms with Gasteiger partial charge in [0.05, 0.1) is 24.7 Å². The van der Waals surface area contributed by atoms with Crippen molar-refractivity contribution in [2.24, 2.45) is 0 Å². The minimum absolute atomic E-state index is 0.0201. The highest BCUT2D eigenvalue weighted by Crippen LogP contribution is 2.17. The number of piperazine rings is 1. The van der Waals surface area contributed by atoms with Crippen molar-refractivity contribution < 1.29 is 14.0 Å². The Morgan fingerprint density at radius 2 is 1.94 bits per heavy atom. The van der Waals surface area contributed by atoms with E-state index in [0.717, 1.165) is 4.90 Å². The van der Waals surface area contributed by atoms with Crippen LogP contribution in [0, 0.1) is 5.82 Å². The second-order valence-electron chi connectivity index (χ2n) is 3.73. The van der Waals surface area contributed by atoms with Crippen LogP contribution in [0.3, 0.4) is 0 Å². The lowest BCUT2D eigenvalue weighted by atomic mass is 10.2. The number of nitrogens with zero attached hydrogens (tertiary/aromatic N) is 1. The fourth-order valence-corrected chi connectivity index (χ4v) is 1.72. The van der Waals surface area contributed by atoms with E-state index in [1.165, 1.54) is 12.1 Å². The van der Waals surface area contributed by atoms with E-state index in [0.29, 0.717) is 5.56 Å². The minimum atomic E-state index is -0.556. The molecule has 0 bridgehead atoms. The molecule has 6 heteroatoms. The largest absolute Gasteiger partial charge is 0.300 e. The van der Waals surface area contributed by atoms with Crippen molar-refractivity contribution in [2.45, 2.75) is 6.54 Å². The molecule has 17 heavy (non-hydrogen) atoms. The maximum absolute atomic E-state index is 13.2. The Balaban J connectivity index is 2.16. The van der Waals surface area contributed by atoms with E-state index in [-0.39, 0.29) is 36.5 Å². The van der Waals surface area contributed by atoms with Gasteiger partial charge in [-0.1, -0.05) is 17.7 Å². The normalized spacial score (nSPS) is 16.5. The van der Waals surface area contributed by atoms with Crippen LogP contribution in [-0.4, -0.2) is 29.8 Å². The van der Waals surface area contributed by atoms with Crippen molar-refractivity contribution >= 4 is 23.4 Å². The molecule has 0 radical (unpaired) electrons. The van der Waals surface area contributed by atoms with Gasteiger partial charge in [-0.15, -0.1) is 0 Å². The molecule has 0 aromatic heterocycles. The van der Waals surface area contributed by atoms with Gasteiger partial charge in [0.2, 0.25) is 11.8 Å². The molecular weight excluding hydrogens is 247 g/mol. The Hall–Kier alpha value is -1.46. The van der Waals surface area contributed by atoms with Gasteiger partial charge in [-0.2, -0.15) is 0 Å². The van der Waals surface area contributed by atoms with Crippen LogP contribution in [0.25, 0.3) is 0 Å². The molecule has 90 valence electrons. The lowest BCUT2D eigenvalue weighted by Crippen LogP contribution is -2.51. The van der Waals surface area contributed by atoms with Crippen molar-refractivity contribution in [3.63, 3.8) is 0 Å². The van der Waals surface area contributed by atoms with E-state index in [9.17, 15) is 14.0 Å². The maximum atomic E-state index is 13.2. The highest BCUT2D eigenvalue weighted by atomic mass is 35.5. The van der Waals surface area contributed by atoms with E-state index in [1.807, 2.05) is 0 Å². The zero-order valence-corrected chi connectivity index (χ0v) is 9.63. The third kappa shape index (κ3) is 2.62. The number of carbonyl (C=O) groups is 2. The van der Waals surface area contributed by atoms with Crippen LogP contribution in [0.1, 0.15) is 5.56 Å². The minimum Gasteiger partial charge on any atom is -0.300 e. The summed E-state index contributed by atoms with van der Waals surface area (Å²) in [5.41, 5.74) is 0.538. The molecule has 1 aliphatic heterocycles. The van der Waals surface area contributed by atoms with E-state index >= 15 is 0 Å². The van der Waals surface area contributed by atoms with E-state index in [2.05, 4.69) is 5.32 Å². The summed E-state index contributed by atoms with van der Waals surface area (Å²) in [6.45, 7) is 0.330. The first-order valence-corrected chi connectivity index (χ1v) is 5.43. The van der Waals surface area contributed by atoms with Crippen LogP contribution < -0.4 is 5.32 Å². The van der Waals surface area contributed by atoms with Crippen molar-refractivity contribution in [3.8, 4) is 0 Å². The predicted octanol–water partition coefficient (Wildman–Crippen LogP) is 0.938. The predicted molar refractivity (Wildman–Crippen MR) is 59.8 cm³/mol. The van der Waals surface area contributed by atoms with Gasteiger partial charge in [-0.3, -0.25) is 19.8 Å². The summed E-state index contributed by atoms with van der Waals surface area (Å²) in [4.78, 5) is 24.1. The molecule has 1 saturated heterocycles. The number of hydrogen-bond donors (Lipinski definition) is 1. The Morgan fingerprint density at radius 3 is 2.53 bits per heavy atom. The lowest BCUT2D eigenvalue weighted by molar-refractivity contribution is -0.147. The average Bonchev–Trinajstić information content (AvgIpc) is 2.28. The molecule has 0 spiro atoms. The third-order valence-electron chi connectivity index (χ3n) is 2.48. The summed E-state index contributed by atoms with van der Waals surface area (Å²) >= 11 is 5.55. The summed E-state index contributed by atoms with van der Waals surface area (Å²) in [6, 6.07) is 4.22. The standard InChI is InChI=1S/C11H10ClFN2O2/c12-8-2-1-7(3-9(8)13)6-15-10(16)4-14-5-11(15)17/h1-3,14H,4-6H2. The van der Waals surface area contributed by atoms with E-state index < -0.39 is 5.82 Å². The van der Waals surface area contributed by atoms with Gasteiger partial charge >= 0.3 is 0 Å². The van der Waals surface area contributed by atoms with Crippen LogP contribution >= 0.6 is 11.6 Å². The molecular formula is C11H10ClFN2O2. The van der Waals surface area contributed by atoms with Gasteiger partial charge in [0.15, 0.2) is 0 Å². The second kappa shape index (κ2) is 4.81. The summed E-state index contributed by atoms with van der Waals surface area (Å²) in [5.74, 6) is -1.17. The average molecular weight is 257 g/mol. The first-order valence-electron chi connectivity index (χ1n) is 5.06. The molecule has 0 aliphatic carbocycles. The Labute approximate surface area is 102 Å². The van der Waals surface area contributed by atoms with E-state index in [1.54, 1.807) is 6.07 Å². The summed E-state index contributed by atoms with van der Waals surface area (Å²) in [6.07, 6.45) is 0. The molecule has 2 amide bonds. The first kappa shape index (κ1) is 12.0. The highest BCUT2D eigenvalue weighted by molar-refractivity contribution is 6.30. The van der Waals surface area contributed by atoms with Gasteiger partial charge in [0, 0.05) is 0 Å². The van der Waals surface area contributed by atoms with Gasteiger partial charge in [0.1, 0.15) is 5.82 Å². The molecule has 1 heterocycles. The number of hydrogen-bond acceptors (Lipinski definition) is 3. The fraction of sp³-hybridized carbons (Fsp3) is 0.273. The van der Waals surface area contributed by atoms with Gasteiger partial charge < -0.3 is 0 Å². The Bertz CT molecular complexity index is 463. The molecule has 1 aromatic rings. The zero-order chi connectivity index (χ0) is 12.4. The number of halogens is 2. The van der Waals surface area contributed by atoms with Crippen molar-refractivity contribution in [3.05, 3.63) is 34.6 Å². The smallest absolute Gasteiger partial charge is 0.243 e. The third-order valence-corrected chi connectivity index (χ3v) is 2.79. The molecule has 0 saturated carbocycles. The van der Waals surface area contributed by atoms with Crippen molar-refractivity contribution in [1.82, 2.24) is 10.2 Å². The fourth-order valence-electron chi connectivity index (χ4n) is 1.60. The molecule has 1 aliphatic rings. The summed E-state index contributed by atoms with van der Waals surface area (Å²) in [5, 5.41) is 2.70. The zero-order valence-electron chi connectivity index (χ0n) is 8.87. The van der Waals surface area contributed by atoms with Gasteiger partial charge in [-0.05, 0) is 17.7 Å². The number of carbonyl (C=O) groups excluding carboxylic acids is 2. The number of amides is 2. The Morgan fingerprint density at radius 1 is 1.29 bits per heavy atom. The molecule has 2 rings (SSSR count). The van der Waals surface area contributed by atoms with Gasteiger partial charge in [-0.25, -0.2) is 4.39 Å². The molecule has 1 aromatic carbocycles. The lowest BCUT2D eigenvalue weighted by Gasteiger charge is -2.25. The monoisotopic (exact) mass is 256 g/mol. The van der Waals surface area contributed by atoms with Crippen LogP contribution in [0.4, 0.5) is 4.39 Å². The topological polar surface area (TPSA) is 49.4 Å². The summed E-state index contributed by atoms with van der Waals surface area (Å²) < 4.78 is 13.2. The highest BCUT2D eigenvalue weighted by Gasteiger charge is 2.25. The Kier molecular flexibility index (Phi) is 3.40. The number of nitrogens with one attached hydrogen (secondary N) is 1. The van der Waals surface area contributed by atoms with Crippen LogP contribution in [0.15, 0.2) is 18.2 Å². The van der Waals surface area contributed by atoms with Gasteiger partial charge in [0.25, 0.3) is 0 Å². The van der Waals surface area contributed by atoms with Crippen LogP contribution in [-0.2, 0) is 16.1 Å². The van der Waals surface area contributed by atoms with Crippen molar-refractivity contribution in [2.75, 3.05) is 13.1 Å². The van der Waals surface area contributed by atoms with Crippen LogP contribution in [0.2, 0.25) is 5.02 Å². The SMILES string of the molecule is O=C1CNCC(=O)N1Cc1ccc(Cl)c(F)c1. The molecule has 4 nitrogen and oxygen atoms in total. The maximum Gasteiger partial charge on any atom is 0.243 e. The number of rotatable bonds is 2. The number of benzene rings is 1.